The lowest BCUT2D eigenvalue weighted by atomic mass is 10.7. The van der Waals surface area contributed by atoms with Crippen LogP contribution in [0.15, 0.2) is 28.8 Å². The Morgan fingerprint density at radius 3 is 2.71 bits per heavy atom. The van der Waals surface area contributed by atoms with E-state index in [1.165, 1.54) is 18.1 Å². The molecule has 0 aromatic carbocycles. The van der Waals surface area contributed by atoms with E-state index in [2.05, 4.69) is 24.9 Å². The molecule has 0 bridgehead atoms. The molecular formula is C9H11N7S. The van der Waals surface area contributed by atoms with Gasteiger partial charge in [-0.15, -0.1) is 0 Å². The van der Waals surface area contributed by atoms with Crippen molar-refractivity contribution in [3.8, 4) is 0 Å². The molecule has 88 valence electrons. The van der Waals surface area contributed by atoms with Crippen LogP contribution in [0.5, 0.6) is 0 Å². The van der Waals surface area contributed by atoms with Crippen molar-refractivity contribution in [2.24, 2.45) is 0 Å². The van der Waals surface area contributed by atoms with Crippen molar-refractivity contribution in [2.45, 2.75) is 10.2 Å². The van der Waals surface area contributed by atoms with Crippen molar-refractivity contribution in [3.05, 3.63) is 18.6 Å². The first kappa shape index (κ1) is 11.5. The highest BCUT2D eigenvalue weighted by molar-refractivity contribution is 7.99. The lowest BCUT2D eigenvalue weighted by Crippen LogP contribution is -2.15. The summed E-state index contributed by atoms with van der Waals surface area (Å²) in [4.78, 5) is 22.0. The van der Waals surface area contributed by atoms with Crippen LogP contribution in [0.1, 0.15) is 0 Å². The molecule has 2 N–H and O–H groups in total. The maximum atomic E-state index is 5.62. The van der Waals surface area contributed by atoms with E-state index < -0.39 is 0 Å². The van der Waals surface area contributed by atoms with E-state index in [9.17, 15) is 0 Å². The minimum absolute atomic E-state index is 0.195. The third kappa shape index (κ3) is 3.00. The van der Waals surface area contributed by atoms with Crippen LogP contribution in [-0.2, 0) is 0 Å². The summed E-state index contributed by atoms with van der Waals surface area (Å²) < 4.78 is 0. The van der Waals surface area contributed by atoms with Crippen molar-refractivity contribution in [1.29, 1.82) is 0 Å². The van der Waals surface area contributed by atoms with Crippen LogP contribution in [0.2, 0.25) is 0 Å². The summed E-state index contributed by atoms with van der Waals surface area (Å²) in [6.07, 6.45) is 3.13. The van der Waals surface area contributed by atoms with Crippen molar-refractivity contribution >= 4 is 23.7 Å². The maximum Gasteiger partial charge on any atom is 0.230 e. The number of hydrogen-bond donors (Lipinski definition) is 1. The fraction of sp³-hybridized carbons (Fsp3) is 0.222. The topological polar surface area (TPSA) is 93.7 Å². The molecule has 17 heavy (non-hydrogen) atoms. The number of nitrogen functional groups attached to an aromatic ring is 1. The Labute approximate surface area is 103 Å². The molecule has 0 fully saturated rings. The molecule has 0 aliphatic heterocycles. The van der Waals surface area contributed by atoms with Gasteiger partial charge in [0, 0.05) is 20.3 Å². The van der Waals surface area contributed by atoms with Gasteiger partial charge in [0.05, 0.1) is 0 Å². The van der Waals surface area contributed by atoms with Gasteiger partial charge >= 0.3 is 0 Å². The van der Waals surface area contributed by atoms with Crippen LogP contribution in [-0.4, -0.2) is 39.0 Å². The standard InChI is InChI=1S/C9H11N7S/c1-16(2)8-13-7(10)14-9(15-8)17-6-3-4-11-5-12-6/h3-5H,1-2H3,(H2,10,13,14,15). The van der Waals surface area contributed by atoms with Crippen molar-refractivity contribution in [1.82, 2.24) is 24.9 Å². The molecule has 8 heteroatoms. The lowest BCUT2D eigenvalue weighted by Gasteiger charge is -2.10. The monoisotopic (exact) mass is 249 g/mol. The average Bonchev–Trinajstić information content (AvgIpc) is 2.29. The van der Waals surface area contributed by atoms with Crippen molar-refractivity contribution in [3.63, 3.8) is 0 Å². The second kappa shape index (κ2) is 4.91. The first-order valence-corrected chi connectivity index (χ1v) is 5.59. The van der Waals surface area contributed by atoms with Crippen LogP contribution in [0.3, 0.4) is 0 Å². The lowest BCUT2D eigenvalue weighted by molar-refractivity contribution is 0.873. The number of anilines is 2. The normalized spacial score (nSPS) is 10.2. The van der Waals surface area contributed by atoms with Crippen LogP contribution >= 0.6 is 11.8 Å². The molecule has 2 aromatic heterocycles. The van der Waals surface area contributed by atoms with Gasteiger partial charge in [0.25, 0.3) is 0 Å². The molecule has 7 nitrogen and oxygen atoms in total. The van der Waals surface area contributed by atoms with Gasteiger partial charge in [-0.05, 0) is 17.8 Å². The van der Waals surface area contributed by atoms with Gasteiger partial charge in [-0.3, -0.25) is 0 Å². The van der Waals surface area contributed by atoms with Crippen LogP contribution in [0.4, 0.5) is 11.9 Å². The van der Waals surface area contributed by atoms with Gasteiger partial charge < -0.3 is 10.6 Å². The molecule has 0 radical (unpaired) electrons. The SMILES string of the molecule is CN(C)c1nc(N)nc(Sc2ccncn2)n1. The Kier molecular flexibility index (Phi) is 3.33. The molecule has 0 aliphatic rings. The van der Waals surface area contributed by atoms with E-state index in [1.54, 1.807) is 17.2 Å². The fourth-order valence-electron chi connectivity index (χ4n) is 1.04. The highest BCUT2D eigenvalue weighted by Crippen LogP contribution is 2.23. The third-order valence-corrected chi connectivity index (χ3v) is 2.59. The molecule has 0 unspecified atom stereocenters. The van der Waals surface area contributed by atoms with Gasteiger partial charge in [-0.2, -0.15) is 15.0 Å². The van der Waals surface area contributed by atoms with E-state index in [4.69, 9.17) is 5.73 Å². The summed E-state index contributed by atoms with van der Waals surface area (Å²) in [5.41, 5.74) is 5.62. The predicted octanol–water partition coefficient (Wildman–Crippen LogP) is 0.461. The Morgan fingerprint density at radius 1 is 1.24 bits per heavy atom. The molecular weight excluding hydrogens is 238 g/mol. The highest BCUT2D eigenvalue weighted by atomic mass is 32.2. The number of rotatable bonds is 3. The van der Waals surface area contributed by atoms with E-state index >= 15 is 0 Å². The van der Waals surface area contributed by atoms with Crippen molar-refractivity contribution in [2.75, 3.05) is 24.7 Å². The summed E-state index contributed by atoms with van der Waals surface area (Å²) in [6.45, 7) is 0. The molecule has 0 aliphatic carbocycles. The molecule has 0 atom stereocenters. The second-order valence-corrected chi connectivity index (χ2v) is 4.31. The average molecular weight is 249 g/mol. The number of aromatic nitrogens is 5. The van der Waals surface area contributed by atoms with Crippen molar-refractivity contribution < 1.29 is 0 Å². The Balaban J connectivity index is 2.27. The summed E-state index contributed by atoms with van der Waals surface area (Å²) >= 11 is 1.31. The molecule has 2 heterocycles. The molecule has 2 aromatic rings. The molecule has 2 rings (SSSR count). The van der Waals surface area contributed by atoms with E-state index in [1.807, 2.05) is 14.1 Å². The van der Waals surface area contributed by atoms with E-state index in [-0.39, 0.29) is 5.95 Å². The summed E-state index contributed by atoms with van der Waals surface area (Å²) in [5, 5.41) is 1.27. The van der Waals surface area contributed by atoms with Gasteiger partial charge in [0.15, 0.2) is 0 Å². The van der Waals surface area contributed by atoms with Gasteiger partial charge in [0.1, 0.15) is 11.4 Å². The maximum absolute atomic E-state index is 5.62. The molecule has 0 spiro atoms. The number of hydrogen-bond acceptors (Lipinski definition) is 8. The minimum atomic E-state index is 0.195. The van der Waals surface area contributed by atoms with Crippen LogP contribution < -0.4 is 10.6 Å². The van der Waals surface area contributed by atoms with Crippen LogP contribution in [0.25, 0.3) is 0 Å². The third-order valence-electron chi connectivity index (χ3n) is 1.77. The zero-order chi connectivity index (χ0) is 12.3. The summed E-state index contributed by atoms with van der Waals surface area (Å²) in [6, 6.07) is 1.78. The largest absolute Gasteiger partial charge is 0.368 e. The summed E-state index contributed by atoms with van der Waals surface area (Å²) in [5.74, 6) is 0.717. The molecule has 0 saturated heterocycles. The zero-order valence-corrected chi connectivity index (χ0v) is 10.2. The van der Waals surface area contributed by atoms with Gasteiger partial charge in [-0.1, -0.05) is 0 Å². The smallest absolute Gasteiger partial charge is 0.230 e. The Hall–Kier alpha value is -1.96. The highest BCUT2D eigenvalue weighted by Gasteiger charge is 2.08. The summed E-state index contributed by atoms with van der Waals surface area (Å²) in [7, 11) is 3.68. The Morgan fingerprint density at radius 2 is 2.06 bits per heavy atom. The first-order valence-electron chi connectivity index (χ1n) is 4.78. The zero-order valence-electron chi connectivity index (χ0n) is 9.40. The Bertz CT molecular complexity index is 502. The number of nitrogens with zero attached hydrogens (tertiary/aromatic N) is 6. The molecule has 0 amide bonds. The predicted molar refractivity (Wildman–Crippen MR) is 64.7 cm³/mol. The number of nitrogens with two attached hydrogens (primary N) is 1. The first-order chi connectivity index (χ1) is 8.15. The fourth-order valence-corrected chi connectivity index (χ4v) is 1.72. The van der Waals surface area contributed by atoms with Gasteiger partial charge in [0.2, 0.25) is 17.1 Å². The minimum Gasteiger partial charge on any atom is -0.368 e. The van der Waals surface area contributed by atoms with Gasteiger partial charge in [-0.25, -0.2) is 9.97 Å². The molecule has 0 saturated carbocycles. The van der Waals surface area contributed by atoms with E-state index in [0.717, 1.165) is 5.03 Å². The van der Waals surface area contributed by atoms with E-state index in [0.29, 0.717) is 11.1 Å². The quantitative estimate of drug-likeness (QED) is 0.784. The van der Waals surface area contributed by atoms with Crippen LogP contribution in [0, 0.1) is 0 Å². The second-order valence-electron chi connectivity index (χ2n) is 3.32.